The molecule has 1 saturated heterocycles. The molecule has 2 heterocycles. The number of aromatic nitrogens is 1. The molecule has 0 bridgehead atoms. The summed E-state index contributed by atoms with van der Waals surface area (Å²) < 4.78 is 23.8. The van der Waals surface area contributed by atoms with Gasteiger partial charge in [-0.3, -0.25) is 4.98 Å². The molecule has 88 valence electrons. The topological polar surface area (TPSA) is 59.1 Å². The monoisotopic (exact) mass is 240 g/mol. The molecule has 1 atom stereocenters. The van der Waals surface area contributed by atoms with E-state index in [4.69, 9.17) is 0 Å². The number of rotatable bonds is 4. The molecule has 1 fully saturated rings. The summed E-state index contributed by atoms with van der Waals surface area (Å²) in [6.07, 6.45) is 5.30. The smallest absolute Gasteiger partial charge is 0.156 e. The van der Waals surface area contributed by atoms with Crippen LogP contribution in [-0.2, 0) is 15.6 Å². The maximum Gasteiger partial charge on any atom is 0.156 e. The van der Waals surface area contributed by atoms with Crippen LogP contribution in [-0.4, -0.2) is 31.7 Å². The van der Waals surface area contributed by atoms with Crippen LogP contribution < -0.4 is 5.32 Å². The minimum Gasteiger partial charge on any atom is -0.313 e. The van der Waals surface area contributed by atoms with Crippen molar-refractivity contribution in [1.29, 1.82) is 0 Å². The van der Waals surface area contributed by atoms with Crippen molar-refractivity contribution in [3.05, 3.63) is 30.1 Å². The average molecular weight is 240 g/mol. The van der Waals surface area contributed by atoms with Gasteiger partial charge in [0.2, 0.25) is 0 Å². The van der Waals surface area contributed by atoms with Crippen LogP contribution in [0.4, 0.5) is 0 Å². The molecule has 0 spiro atoms. The molecule has 16 heavy (non-hydrogen) atoms. The molecule has 0 amide bonds. The lowest BCUT2D eigenvalue weighted by molar-refractivity contribution is 0.576. The van der Waals surface area contributed by atoms with E-state index in [2.05, 4.69) is 10.3 Å². The number of sulfone groups is 1. The molecule has 5 heteroatoms. The van der Waals surface area contributed by atoms with Crippen LogP contribution in [0.25, 0.3) is 0 Å². The first kappa shape index (κ1) is 11.5. The van der Waals surface area contributed by atoms with E-state index in [1.54, 1.807) is 24.5 Å². The largest absolute Gasteiger partial charge is 0.313 e. The molecule has 1 N–H and O–H groups in total. The van der Waals surface area contributed by atoms with Crippen LogP contribution in [0.1, 0.15) is 18.4 Å². The Morgan fingerprint density at radius 3 is 3.00 bits per heavy atom. The summed E-state index contributed by atoms with van der Waals surface area (Å²) in [6.45, 7) is 0.938. The lowest BCUT2D eigenvalue weighted by Crippen LogP contribution is -2.30. The molecule has 4 nitrogen and oxygen atoms in total. The van der Waals surface area contributed by atoms with Crippen LogP contribution in [0.5, 0.6) is 0 Å². The zero-order valence-electron chi connectivity index (χ0n) is 9.09. The highest BCUT2D eigenvalue weighted by molar-refractivity contribution is 7.90. The third-order valence-corrected chi connectivity index (χ3v) is 4.41. The van der Waals surface area contributed by atoms with Crippen molar-refractivity contribution < 1.29 is 8.42 Å². The summed E-state index contributed by atoms with van der Waals surface area (Å²) in [4.78, 5) is 3.92. The Labute approximate surface area is 96.0 Å². The molecule has 1 aromatic rings. The van der Waals surface area contributed by atoms with Crippen molar-refractivity contribution in [3.63, 3.8) is 0 Å². The Morgan fingerprint density at radius 2 is 2.38 bits per heavy atom. The van der Waals surface area contributed by atoms with Gasteiger partial charge in [-0.25, -0.2) is 8.42 Å². The van der Waals surface area contributed by atoms with Gasteiger partial charge < -0.3 is 5.32 Å². The zero-order valence-corrected chi connectivity index (χ0v) is 9.91. The molecule has 1 aromatic heterocycles. The maximum atomic E-state index is 11.9. The summed E-state index contributed by atoms with van der Waals surface area (Å²) in [5.41, 5.74) is 0.764. The Bertz CT molecular complexity index is 425. The molecule has 0 unspecified atom stereocenters. The summed E-state index contributed by atoms with van der Waals surface area (Å²) in [5, 5.41) is 3.20. The van der Waals surface area contributed by atoms with E-state index in [1.165, 1.54) is 0 Å². The summed E-state index contributed by atoms with van der Waals surface area (Å²) in [5.74, 6) is 0.334. The second-order valence-electron chi connectivity index (χ2n) is 4.21. The fourth-order valence-electron chi connectivity index (χ4n) is 2.00. The second-order valence-corrected chi connectivity index (χ2v) is 6.32. The molecule has 0 radical (unpaired) electrons. The van der Waals surface area contributed by atoms with Gasteiger partial charge in [0, 0.05) is 18.4 Å². The summed E-state index contributed by atoms with van der Waals surface area (Å²) >= 11 is 0. The van der Waals surface area contributed by atoms with Gasteiger partial charge in [0.05, 0.1) is 11.5 Å². The van der Waals surface area contributed by atoms with Gasteiger partial charge in [-0.2, -0.15) is 0 Å². The molecular weight excluding hydrogens is 224 g/mol. The number of hydrogen-bond acceptors (Lipinski definition) is 4. The highest BCUT2D eigenvalue weighted by atomic mass is 32.2. The van der Waals surface area contributed by atoms with Gasteiger partial charge in [-0.1, -0.05) is 6.07 Å². The number of nitrogens with one attached hydrogen (secondary N) is 1. The normalized spacial score (nSPS) is 21.1. The van der Waals surface area contributed by atoms with E-state index in [9.17, 15) is 8.42 Å². The SMILES string of the molecule is O=S(=O)(Cc1cccnc1)C[C@@H]1CCCN1. The molecule has 0 aromatic carbocycles. The molecule has 0 aliphatic carbocycles. The van der Waals surface area contributed by atoms with Crippen molar-refractivity contribution in [2.75, 3.05) is 12.3 Å². The van der Waals surface area contributed by atoms with Gasteiger partial charge >= 0.3 is 0 Å². The van der Waals surface area contributed by atoms with Crippen LogP contribution in [0, 0.1) is 0 Å². The number of pyridine rings is 1. The molecule has 1 aliphatic rings. The average Bonchev–Trinajstić information content (AvgIpc) is 2.70. The van der Waals surface area contributed by atoms with E-state index < -0.39 is 9.84 Å². The first-order chi connectivity index (χ1) is 7.66. The summed E-state index contributed by atoms with van der Waals surface area (Å²) in [6, 6.07) is 3.70. The first-order valence-corrected chi connectivity index (χ1v) is 7.30. The van der Waals surface area contributed by atoms with Gasteiger partial charge in [0.25, 0.3) is 0 Å². The molecule has 1 aliphatic heterocycles. The maximum absolute atomic E-state index is 11.9. The fourth-order valence-corrected chi connectivity index (χ4v) is 3.70. The Hall–Kier alpha value is -0.940. The van der Waals surface area contributed by atoms with Gasteiger partial charge in [0.1, 0.15) is 0 Å². The molecule has 2 rings (SSSR count). The molecule has 0 saturated carbocycles. The van der Waals surface area contributed by atoms with Gasteiger partial charge in [-0.05, 0) is 31.0 Å². The van der Waals surface area contributed by atoms with Crippen LogP contribution >= 0.6 is 0 Å². The quantitative estimate of drug-likeness (QED) is 0.843. The van der Waals surface area contributed by atoms with E-state index in [0.717, 1.165) is 24.9 Å². The predicted molar refractivity (Wildman–Crippen MR) is 62.8 cm³/mol. The zero-order chi connectivity index (χ0) is 11.4. The second kappa shape index (κ2) is 4.93. The summed E-state index contributed by atoms with van der Waals surface area (Å²) in [7, 11) is -3.02. The Kier molecular flexibility index (Phi) is 3.56. The van der Waals surface area contributed by atoms with E-state index in [-0.39, 0.29) is 17.5 Å². The van der Waals surface area contributed by atoms with E-state index in [0.29, 0.717) is 0 Å². The Morgan fingerprint density at radius 1 is 1.50 bits per heavy atom. The minimum absolute atomic E-state index is 0.0962. The van der Waals surface area contributed by atoms with Crippen molar-refractivity contribution in [2.45, 2.75) is 24.6 Å². The first-order valence-electron chi connectivity index (χ1n) is 5.48. The number of nitrogens with zero attached hydrogens (tertiary/aromatic N) is 1. The highest BCUT2D eigenvalue weighted by Crippen LogP contribution is 2.11. The van der Waals surface area contributed by atoms with Crippen LogP contribution in [0.15, 0.2) is 24.5 Å². The molecular formula is C11H16N2O2S. The lowest BCUT2D eigenvalue weighted by Gasteiger charge is -2.10. The standard InChI is InChI=1S/C11H16N2O2S/c14-16(15,9-11-4-2-6-13-11)8-10-3-1-5-12-7-10/h1,3,5,7,11,13H,2,4,6,8-9H2/t11-/m0/s1. The highest BCUT2D eigenvalue weighted by Gasteiger charge is 2.22. The van der Waals surface area contributed by atoms with E-state index >= 15 is 0 Å². The van der Waals surface area contributed by atoms with Crippen molar-refractivity contribution in [3.8, 4) is 0 Å². The van der Waals surface area contributed by atoms with Crippen molar-refractivity contribution >= 4 is 9.84 Å². The van der Waals surface area contributed by atoms with Gasteiger partial charge in [0.15, 0.2) is 9.84 Å². The third-order valence-electron chi connectivity index (χ3n) is 2.73. The third kappa shape index (κ3) is 3.28. The van der Waals surface area contributed by atoms with Crippen molar-refractivity contribution in [2.24, 2.45) is 0 Å². The minimum atomic E-state index is -3.02. The van der Waals surface area contributed by atoms with E-state index in [1.807, 2.05) is 0 Å². The fraction of sp³-hybridized carbons (Fsp3) is 0.545. The van der Waals surface area contributed by atoms with Gasteiger partial charge in [-0.15, -0.1) is 0 Å². The Balaban J connectivity index is 1.97. The van der Waals surface area contributed by atoms with Crippen molar-refractivity contribution in [1.82, 2.24) is 10.3 Å². The number of hydrogen-bond donors (Lipinski definition) is 1. The van der Waals surface area contributed by atoms with Crippen LogP contribution in [0.3, 0.4) is 0 Å². The predicted octanol–water partition coefficient (Wildman–Crippen LogP) is 0.748. The lowest BCUT2D eigenvalue weighted by atomic mass is 10.3. The van der Waals surface area contributed by atoms with Crippen LogP contribution in [0.2, 0.25) is 0 Å².